The highest BCUT2D eigenvalue weighted by Crippen LogP contribution is 2.62. The quantitative estimate of drug-likeness (QED) is 0.583. The molecule has 0 radical (unpaired) electrons. The lowest BCUT2D eigenvalue weighted by Crippen LogP contribution is -2.54. The number of fused-ring (bicyclic) bond motifs is 2. The van der Waals surface area contributed by atoms with E-state index in [4.69, 9.17) is 17.0 Å². The molecular formula is C16H30N2OS. The van der Waals surface area contributed by atoms with Crippen LogP contribution in [-0.4, -0.2) is 30.9 Å². The first kappa shape index (κ1) is 16.0. The number of thiocarbonyl (C=S) groups is 1. The van der Waals surface area contributed by atoms with Crippen LogP contribution in [0.5, 0.6) is 0 Å². The summed E-state index contributed by atoms with van der Waals surface area (Å²) in [6.07, 6.45) is 5.08. The highest BCUT2D eigenvalue weighted by molar-refractivity contribution is 7.80. The maximum absolute atomic E-state index is 5.47. The highest BCUT2D eigenvalue weighted by Gasteiger charge is 2.59. The Morgan fingerprint density at radius 3 is 2.70 bits per heavy atom. The van der Waals surface area contributed by atoms with E-state index in [2.05, 4.69) is 31.4 Å². The molecule has 116 valence electrons. The van der Waals surface area contributed by atoms with Crippen molar-refractivity contribution in [2.45, 2.75) is 59.4 Å². The van der Waals surface area contributed by atoms with Gasteiger partial charge in [0.1, 0.15) is 0 Å². The maximum atomic E-state index is 5.47. The van der Waals surface area contributed by atoms with E-state index in [1.54, 1.807) is 0 Å². The first-order valence-electron chi connectivity index (χ1n) is 8.02. The molecule has 2 fully saturated rings. The van der Waals surface area contributed by atoms with Crippen LogP contribution in [0.15, 0.2) is 0 Å². The van der Waals surface area contributed by atoms with Crippen LogP contribution in [0.3, 0.4) is 0 Å². The van der Waals surface area contributed by atoms with Gasteiger partial charge in [0.15, 0.2) is 5.11 Å². The van der Waals surface area contributed by atoms with Gasteiger partial charge >= 0.3 is 0 Å². The van der Waals surface area contributed by atoms with Gasteiger partial charge in [0.2, 0.25) is 0 Å². The topological polar surface area (TPSA) is 33.3 Å². The molecule has 2 aliphatic rings. The Hall–Kier alpha value is -0.350. The lowest BCUT2D eigenvalue weighted by molar-refractivity contribution is 0.124. The van der Waals surface area contributed by atoms with Gasteiger partial charge in [0, 0.05) is 25.8 Å². The molecule has 20 heavy (non-hydrogen) atoms. The molecule has 3 nitrogen and oxygen atoms in total. The third-order valence-corrected chi connectivity index (χ3v) is 5.76. The van der Waals surface area contributed by atoms with Gasteiger partial charge in [0.25, 0.3) is 0 Å². The Labute approximate surface area is 129 Å². The van der Waals surface area contributed by atoms with E-state index in [9.17, 15) is 0 Å². The molecule has 2 saturated carbocycles. The molecule has 0 aromatic rings. The summed E-state index contributed by atoms with van der Waals surface area (Å²) in [6.45, 7) is 11.7. The molecule has 2 N–H and O–H groups in total. The predicted molar refractivity (Wildman–Crippen MR) is 87.9 cm³/mol. The van der Waals surface area contributed by atoms with Crippen LogP contribution in [0.25, 0.3) is 0 Å². The van der Waals surface area contributed by atoms with Gasteiger partial charge in [-0.3, -0.25) is 0 Å². The molecule has 3 unspecified atom stereocenters. The Bertz CT molecular complexity index is 354. The van der Waals surface area contributed by atoms with Crippen LogP contribution in [0, 0.1) is 16.7 Å². The summed E-state index contributed by atoms with van der Waals surface area (Å²) in [4.78, 5) is 0. The molecule has 0 aliphatic heterocycles. The highest BCUT2D eigenvalue weighted by atomic mass is 32.1. The summed E-state index contributed by atoms with van der Waals surface area (Å²) in [5, 5.41) is 7.75. The van der Waals surface area contributed by atoms with Crippen LogP contribution >= 0.6 is 12.2 Å². The minimum Gasteiger partial charge on any atom is -0.382 e. The van der Waals surface area contributed by atoms with Crippen LogP contribution in [-0.2, 0) is 4.74 Å². The second kappa shape index (κ2) is 6.18. The average molecular weight is 298 g/mol. The Morgan fingerprint density at radius 2 is 2.10 bits per heavy atom. The first-order valence-corrected chi connectivity index (χ1v) is 8.43. The molecule has 0 spiro atoms. The van der Waals surface area contributed by atoms with E-state index in [0.717, 1.165) is 37.2 Å². The molecule has 0 aromatic heterocycles. The fourth-order valence-electron chi connectivity index (χ4n) is 4.36. The van der Waals surface area contributed by atoms with Crippen molar-refractivity contribution in [3.8, 4) is 0 Å². The molecule has 2 aliphatic carbocycles. The van der Waals surface area contributed by atoms with E-state index < -0.39 is 0 Å². The summed E-state index contributed by atoms with van der Waals surface area (Å²) in [5.41, 5.74) is 0.773. The lowest BCUT2D eigenvalue weighted by atomic mass is 9.68. The van der Waals surface area contributed by atoms with Crippen molar-refractivity contribution in [1.29, 1.82) is 0 Å². The molecule has 2 bridgehead atoms. The van der Waals surface area contributed by atoms with E-state index >= 15 is 0 Å². The molecule has 0 saturated heterocycles. The monoisotopic (exact) mass is 298 g/mol. The second-order valence-corrected chi connectivity index (χ2v) is 7.71. The normalized spacial score (nSPS) is 34.2. The Balaban J connectivity index is 1.79. The van der Waals surface area contributed by atoms with Gasteiger partial charge < -0.3 is 15.4 Å². The van der Waals surface area contributed by atoms with Crippen molar-refractivity contribution < 1.29 is 4.74 Å². The van der Waals surface area contributed by atoms with E-state index in [1.807, 2.05) is 6.92 Å². The summed E-state index contributed by atoms with van der Waals surface area (Å²) in [6, 6.07) is 0.501. The van der Waals surface area contributed by atoms with E-state index in [0.29, 0.717) is 16.9 Å². The first-order chi connectivity index (χ1) is 9.40. The van der Waals surface area contributed by atoms with Crippen molar-refractivity contribution in [3.05, 3.63) is 0 Å². The predicted octanol–water partition coefficient (Wildman–Crippen LogP) is 3.09. The molecule has 0 aromatic carbocycles. The Morgan fingerprint density at radius 1 is 1.35 bits per heavy atom. The van der Waals surface area contributed by atoms with Crippen molar-refractivity contribution >= 4 is 17.3 Å². The van der Waals surface area contributed by atoms with E-state index in [1.165, 1.54) is 19.3 Å². The number of hydrogen-bond donors (Lipinski definition) is 2. The molecule has 0 amide bonds. The molecule has 4 heteroatoms. The third-order valence-electron chi connectivity index (χ3n) is 5.50. The smallest absolute Gasteiger partial charge is 0.166 e. The van der Waals surface area contributed by atoms with Gasteiger partial charge in [-0.25, -0.2) is 0 Å². The zero-order valence-electron chi connectivity index (χ0n) is 13.4. The summed E-state index contributed by atoms with van der Waals surface area (Å²) < 4.78 is 5.33. The second-order valence-electron chi connectivity index (χ2n) is 7.30. The molecule has 0 heterocycles. The SMILES string of the molecule is CCOCCCNC(=S)NC1C2(C)CCC(C2)C1(C)C. The molecule has 2 rings (SSSR count). The number of nitrogens with one attached hydrogen (secondary N) is 2. The summed E-state index contributed by atoms with van der Waals surface area (Å²) in [7, 11) is 0. The molecule has 3 atom stereocenters. The van der Waals surface area contributed by atoms with Crippen LogP contribution in [0.1, 0.15) is 53.4 Å². The van der Waals surface area contributed by atoms with Gasteiger partial charge in [0.05, 0.1) is 0 Å². The zero-order valence-corrected chi connectivity index (χ0v) is 14.2. The largest absolute Gasteiger partial charge is 0.382 e. The number of hydrogen-bond acceptors (Lipinski definition) is 2. The maximum Gasteiger partial charge on any atom is 0.166 e. The third kappa shape index (κ3) is 3.11. The summed E-state index contributed by atoms with van der Waals surface area (Å²) >= 11 is 5.47. The van der Waals surface area contributed by atoms with Gasteiger partial charge in [-0.15, -0.1) is 0 Å². The summed E-state index contributed by atoms with van der Waals surface area (Å²) in [5.74, 6) is 0.853. The van der Waals surface area contributed by atoms with Crippen LogP contribution in [0.4, 0.5) is 0 Å². The van der Waals surface area contributed by atoms with Gasteiger partial charge in [-0.05, 0) is 61.6 Å². The van der Waals surface area contributed by atoms with Crippen molar-refractivity contribution in [1.82, 2.24) is 10.6 Å². The zero-order chi connectivity index (χ0) is 14.8. The fraction of sp³-hybridized carbons (Fsp3) is 0.938. The minimum atomic E-state index is 0.351. The number of ether oxygens (including phenoxy) is 1. The fourth-order valence-corrected chi connectivity index (χ4v) is 4.58. The van der Waals surface area contributed by atoms with Crippen molar-refractivity contribution in [3.63, 3.8) is 0 Å². The Kier molecular flexibility index (Phi) is 4.96. The van der Waals surface area contributed by atoms with Gasteiger partial charge in [-0.1, -0.05) is 20.8 Å². The van der Waals surface area contributed by atoms with Gasteiger partial charge in [-0.2, -0.15) is 0 Å². The molecular weight excluding hydrogens is 268 g/mol. The minimum absolute atomic E-state index is 0.351. The van der Waals surface area contributed by atoms with Crippen LogP contribution in [0.2, 0.25) is 0 Å². The van der Waals surface area contributed by atoms with E-state index in [-0.39, 0.29) is 0 Å². The standard InChI is InChI=1S/C16H30N2OS/c1-5-19-10-6-9-17-14(20)18-13-15(2,3)12-7-8-16(13,4)11-12/h12-13H,5-11H2,1-4H3,(H2,17,18,20). The van der Waals surface area contributed by atoms with Crippen molar-refractivity contribution in [2.75, 3.05) is 19.8 Å². The number of rotatable bonds is 6. The van der Waals surface area contributed by atoms with Crippen LogP contribution < -0.4 is 10.6 Å². The van der Waals surface area contributed by atoms with Crippen molar-refractivity contribution in [2.24, 2.45) is 16.7 Å². The lowest BCUT2D eigenvalue weighted by Gasteiger charge is -2.43. The average Bonchev–Trinajstić information content (AvgIpc) is 2.86.